The van der Waals surface area contributed by atoms with Gasteiger partial charge in [-0.3, -0.25) is 19.2 Å². The van der Waals surface area contributed by atoms with Crippen LogP contribution >= 0.6 is 0 Å². The van der Waals surface area contributed by atoms with Gasteiger partial charge in [-0.05, 0) is 53.9 Å². The monoisotopic (exact) mass is 340 g/mol. The molecule has 0 aromatic heterocycles. The van der Waals surface area contributed by atoms with Gasteiger partial charge in [0.1, 0.15) is 11.6 Å². The highest BCUT2D eigenvalue weighted by Crippen LogP contribution is 2.16. The number of carbonyl (C=O) groups is 4. The topological polar surface area (TPSA) is 77.5 Å². The van der Waals surface area contributed by atoms with Crippen molar-refractivity contribution in [2.24, 2.45) is 17.3 Å². The van der Waals surface area contributed by atoms with E-state index in [0.717, 1.165) is 6.42 Å². The van der Waals surface area contributed by atoms with E-state index in [1.165, 1.54) is 0 Å². The summed E-state index contributed by atoms with van der Waals surface area (Å²) < 4.78 is 5.15. The number of Topliss-reactive ketones (excluding diaryl/α,β-unsaturated/α-hetero) is 3. The van der Waals surface area contributed by atoms with Crippen LogP contribution in [0.3, 0.4) is 0 Å². The minimum atomic E-state index is -0.728. The molecule has 0 aromatic rings. The normalized spacial score (nSPS) is 13.9. The number of esters is 1. The first-order chi connectivity index (χ1) is 11.0. The lowest BCUT2D eigenvalue weighted by Crippen LogP contribution is -2.30. The van der Waals surface area contributed by atoms with Crippen molar-refractivity contribution in [2.75, 3.05) is 6.61 Å². The molecule has 0 N–H and O–H groups in total. The quantitative estimate of drug-likeness (QED) is 0.327. The summed E-state index contributed by atoms with van der Waals surface area (Å²) in [5.74, 6) is -2.19. The van der Waals surface area contributed by atoms with Gasteiger partial charge in [0.2, 0.25) is 0 Å². The Hall–Kier alpha value is -1.52. The number of ketones is 3. The first-order valence-electron chi connectivity index (χ1n) is 8.78. The van der Waals surface area contributed by atoms with Crippen molar-refractivity contribution >= 4 is 23.3 Å². The molecule has 0 aromatic carbocycles. The predicted octanol–water partition coefficient (Wildman–Crippen LogP) is 3.53. The second-order valence-corrected chi connectivity index (χ2v) is 7.33. The van der Waals surface area contributed by atoms with Gasteiger partial charge in [-0.15, -0.1) is 0 Å². The van der Waals surface area contributed by atoms with E-state index in [2.05, 4.69) is 0 Å². The summed E-state index contributed by atoms with van der Waals surface area (Å²) in [7, 11) is 0. The highest BCUT2D eigenvalue weighted by Gasteiger charge is 2.28. The second kappa shape index (κ2) is 10.4. The lowest BCUT2D eigenvalue weighted by molar-refractivity contribution is -0.153. The molecule has 0 aliphatic rings. The Kier molecular flexibility index (Phi) is 9.71. The van der Waals surface area contributed by atoms with Gasteiger partial charge >= 0.3 is 5.97 Å². The molecule has 0 heterocycles. The molecule has 0 bridgehead atoms. The molecule has 5 heteroatoms. The van der Waals surface area contributed by atoms with Crippen molar-refractivity contribution < 1.29 is 23.9 Å². The highest BCUT2D eigenvalue weighted by molar-refractivity contribution is 6.11. The van der Waals surface area contributed by atoms with Crippen LogP contribution in [0.25, 0.3) is 0 Å². The second-order valence-electron chi connectivity index (χ2n) is 7.33. The molecule has 0 spiro atoms. The largest absolute Gasteiger partial charge is 0.465 e. The van der Waals surface area contributed by atoms with Crippen molar-refractivity contribution in [3.63, 3.8) is 0 Å². The molecule has 24 heavy (non-hydrogen) atoms. The van der Waals surface area contributed by atoms with Gasteiger partial charge in [-0.25, -0.2) is 0 Å². The van der Waals surface area contributed by atoms with E-state index >= 15 is 0 Å². The molecule has 0 rings (SSSR count). The summed E-state index contributed by atoms with van der Waals surface area (Å²) in [6.07, 6.45) is 2.73. The third kappa shape index (κ3) is 7.84. The average Bonchev–Trinajstić information content (AvgIpc) is 2.53. The lowest BCUT2D eigenvalue weighted by Gasteiger charge is -2.16. The van der Waals surface area contributed by atoms with Gasteiger partial charge in [-0.2, -0.15) is 0 Å². The highest BCUT2D eigenvalue weighted by atomic mass is 16.5. The Balaban J connectivity index is 4.04. The van der Waals surface area contributed by atoms with Crippen molar-refractivity contribution in [1.82, 2.24) is 0 Å². The van der Waals surface area contributed by atoms with Crippen molar-refractivity contribution in [2.45, 2.75) is 73.6 Å². The number of carbonyl (C=O) groups excluding carboxylic acids is 4. The summed E-state index contributed by atoms with van der Waals surface area (Å²) in [5, 5.41) is 0. The van der Waals surface area contributed by atoms with Gasteiger partial charge in [0.05, 0.1) is 23.9 Å². The van der Waals surface area contributed by atoms with Crippen LogP contribution in [0.4, 0.5) is 0 Å². The molecule has 0 aliphatic carbocycles. The first kappa shape index (κ1) is 22.5. The first-order valence-corrected chi connectivity index (χ1v) is 8.78. The SMILES string of the molecule is CCC(=O)C(C)C(=O)C(C)C(=O)CCCCCOC(=O)C(C)(C)C. The molecule has 0 radical (unpaired) electrons. The average molecular weight is 340 g/mol. The van der Waals surface area contributed by atoms with E-state index < -0.39 is 17.3 Å². The Labute approximate surface area is 145 Å². The van der Waals surface area contributed by atoms with Crippen LogP contribution in [-0.4, -0.2) is 29.9 Å². The number of ether oxygens (including phenoxy) is 1. The van der Waals surface area contributed by atoms with Crippen LogP contribution in [0.1, 0.15) is 73.6 Å². The van der Waals surface area contributed by atoms with Gasteiger partial charge in [0, 0.05) is 12.8 Å². The van der Waals surface area contributed by atoms with E-state index in [1.54, 1.807) is 41.5 Å². The summed E-state index contributed by atoms with van der Waals surface area (Å²) >= 11 is 0. The zero-order valence-electron chi connectivity index (χ0n) is 15.9. The third-order valence-electron chi connectivity index (χ3n) is 4.08. The van der Waals surface area contributed by atoms with Crippen LogP contribution < -0.4 is 0 Å². The molecular formula is C19H32O5. The van der Waals surface area contributed by atoms with E-state index in [4.69, 9.17) is 4.74 Å². The maximum Gasteiger partial charge on any atom is 0.311 e. The van der Waals surface area contributed by atoms with Crippen LogP contribution in [0.15, 0.2) is 0 Å². The van der Waals surface area contributed by atoms with Crippen LogP contribution in [0.2, 0.25) is 0 Å². The molecular weight excluding hydrogens is 308 g/mol. The van der Waals surface area contributed by atoms with Gasteiger partial charge in [-0.1, -0.05) is 6.92 Å². The molecule has 2 atom stereocenters. The predicted molar refractivity (Wildman–Crippen MR) is 92.5 cm³/mol. The smallest absolute Gasteiger partial charge is 0.311 e. The fourth-order valence-electron chi connectivity index (χ4n) is 2.17. The van der Waals surface area contributed by atoms with E-state index in [0.29, 0.717) is 32.3 Å². The van der Waals surface area contributed by atoms with Crippen molar-refractivity contribution in [1.29, 1.82) is 0 Å². The maximum atomic E-state index is 12.1. The Morgan fingerprint density at radius 2 is 1.42 bits per heavy atom. The minimum absolute atomic E-state index is 0.123. The fourth-order valence-corrected chi connectivity index (χ4v) is 2.17. The summed E-state index contributed by atoms with van der Waals surface area (Å²) in [6.45, 7) is 10.6. The molecule has 5 nitrogen and oxygen atoms in total. The summed E-state index contributed by atoms with van der Waals surface area (Å²) in [4.78, 5) is 47.3. The van der Waals surface area contributed by atoms with Gasteiger partial charge in [0.25, 0.3) is 0 Å². The minimum Gasteiger partial charge on any atom is -0.465 e. The zero-order chi connectivity index (χ0) is 18.9. The molecule has 0 fully saturated rings. The number of hydrogen-bond acceptors (Lipinski definition) is 5. The van der Waals surface area contributed by atoms with Crippen molar-refractivity contribution in [3.8, 4) is 0 Å². The van der Waals surface area contributed by atoms with E-state index in [-0.39, 0.29) is 23.3 Å². The zero-order valence-corrected chi connectivity index (χ0v) is 15.9. The Morgan fingerprint density at radius 3 is 1.92 bits per heavy atom. The summed E-state index contributed by atoms with van der Waals surface area (Å²) in [6, 6.07) is 0. The van der Waals surface area contributed by atoms with E-state index in [1.807, 2.05) is 0 Å². The number of unbranched alkanes of at least 4 members (excludes halogenated alkanes) is 2. The van der Waals surface area contributed by atoms with E-state index in [9.17, 15) is 19.2 Å². The van der Waals surface area contributed by atoms with Crippen LogP contribution in [-0.2, 0) is 23.9 Å². The third-order valence-corrected chi connectivity index (χ3v) is 4.08. The molecule has 0 saturated carbocycles. The van der Waals surface area contributed by atoms with Gasteiger partial charge < -0.3 is 4.74 Å². The molecule has 0 amide bonds. The number of hydrogen-bond donors (Lipinski definition) is 0. The van der Waals surface area contributed by atoms with Crippen molar-refractivity contribution in [3.05, 3.63) is 0 Å². The fraction of sp³-hybridized carbons (Fsp3) is 0.789. The van der Waals surface area contributed by atoms with Crippen LogP contribution in [0.5, 0.6) is 0 Å². The standard InChI is InChI=1S/C19H32O5/c1-7-15(20)13(2)17(22)14(3)16(21)11-9-8-10-12-24-18(23)19(4,5)6/h13-14H,7-12H2,1-6H3. The molecule has 0 aliphatic heterocycles. The lowest BCUT2D eigenvalue weighted by atomic mass is 9.87. The maximum absolute atomic E-state index is 12.1. The Morgan fingerprint density at radius 1 is 0.875 bits per heavy atom. The number of rotatable bonds is 11. The van der Waals surface area contributed by atoms with Crippen LogP contribution in [0, 0.1) is 17.3 Å². The Bertz CT molecular complexity index is 459. The molecule has 0 saturated heterocycles. The summed E-state index contributed by atoms with van der Waals surface area (Å²) in [5.41, 5.74) is -0.502. The molecule has 138 valence electrons. The molecule has 2 unspecified atom stereocenters. The van der Waals surface area contributed by atoms with Gasteiger partial charge in [0.15, 0.2) is 5.78 Å².